The number of rotatable bonds is 0. The summed E-state index contributed by atoms with van der Waals surface area (Å²) in [5.41, 5.74) is 3.71. The molecule has 0 N–H and O–H groups in total. The summed E-state index contributed by atoms with van der Waals surface area (Å²) < 4.78 is 2.25. The highest BCUT2D eigenvalue weighted by Gasteiger charge is 2.56. The fourth-order valence-corrected chi connectivity index (χ4v) is 6.45. The Hall–Kier alpha value is -0.880. The molecule has 1 fully saturated rings. The lowest BCUT2D eigenvalue weighted by Crippen LogP contribution is -2.58. The largest absolute Gasteiger partial charge is 0.287 e. The van der Waals surface area contributed by atoms with Crippen molar-refractivity contribution in [3.8, 4) is 0 Å². The van der Waals surface area contributed by atoms with Crippen LogP contribution in [-0.2, 0) is 0 Å². The Morgan fingerprint density at radius 1 is 0.471 bits per heavy atom. The van der Waals surface area contributed by atoms with Gasteiger partial charge in [0.25, 0.3) is 0 Å². The number of allylic oxidation sites excluding steroid dienone is 4. The second-order valence-electron chi connectivity index (χ2n) is 13.8. The Morgan fingerprint density at radius 2 is 0.735 bits per heavy atom. The van der Waals surface area contributed by atoms with Crippen molar-refractivity contribution in [3.63, 3.8) is 0 Å². The number of hydrogen-bond acceptors (Lipinski definition) is 4. The van der Waals surface area contributed by atoms with Crippen molar-refractivity contribution >= 4 is 54.7 Å². The quantitative estimate of drug-likeness (QED) is 0.273. The third kappa shape index (κ3) is 6.27. The van der Waals surface area contributed by atoms with Gasteiger partial charge < -0.3 is 0 Å². The van der Waals surface area contributed by atoms with Crippen molar-refractivity contribution in [3.05, 3.63) is 21.1 Å². The summed E-state index contributed by atoms with van der Waals surface area (Å²) in [6.07, 6.45) is 4.49. The highest BCUT2D eigenvalue weighted by atomic mass is 79.9. The third-order valence-electron chi connectivity index (χ3n) is 5.60. The Bertz CT molecular complexity index is 944. The summed E-state index contributed by atoms with van der Waals surface area (Å²) in [5, 5.41) is 0. The molecule has 4 atom stereocenters. The maximum atomic E-state index is 5.37. The van der Waals surface area contributed by atoms with Gasteiger partial charge in [-0.15, -0.1) is 0 Å². The van der Waals surface area contributed by atoms with Crippen LogP contribution in [-0.4, -0.2) is 45.0 Å². The lowest BCUT2D eigenvalue weighted by Gasteiger charge is -2.50. The van der Waals surface area contributed by atoms with E-state index < -0.39 is 0 Å². The third-order valence-corrected chi connectivity index (χ3v) is 7.05. The van der Waals surface area contributed by atoms with Crippen LogP contribution in [0.15, 0.2) is 41.1 Å². The van der Waals surface area contributed by atoms with E-state index in [1.54, 1.807) is 0 Å². The van der Waals surface area contributed by atoms with E-state index in [1.165, 1.54) is 11.4 Å². The smallest absolute Gasteiger partial charge is 0.0532 e. The van der Waals surface area contributed by atoms with Crippen molar-refractivity contribution < 1.29 is 0 Å². The fourth-order valence-electron chi connectivity index (χ4n) is 4.99. The average molecular weight is 594 g/mol. The van der Waals surface area contributed by atoms with Crippen LogP contribution in [0.5, 0.6) is 0 Å². The minimum atomic E-state index is -0.205. The van der Waals surface area contributed by atoms with Gasteiger partial charge in [0.1, 0.15) is 0 Å². The fraction of sp³-hybridized carbons (Fsp3) is 0.714. The van der Waals surface area contributed by atoms with Crippen LogP contribution in [0.2, 0.25) is 0 Å². The van der Waals surface area contributed by atoms with Crippen LogP contribution < -0.4 is 0 Å². The molecule has 0 aromatic rings. The molecule has 188 valence electrons. The van der Waals surface area contributed by atoms with E-state index in [0.717, 1.165) is 20.4 Å². The standard InChI is InChI=1S/C28H42Br2N4/c1-25(2,3)31-17-13-15(29)19-20-16(30)14-18(32-26(4,5)6)22(24(20)34-28(10,11)12)21(17)23(19)33-27(7,8)9/h13-14,19-22H,1-12H3/t19-,20-,21+,22+/m1/s1. The molecule has 0 aliphatic heterocycles. The van der Waals surface area contributed by atoms with E-state index in [0.29, 0.717) is 0 Å². The first-order chi connectivity index (χ1) is 15.2. The van der Waals surface area contributed by atoms with E-state index in [-0.39, 0.29) is 45.8 Å². The Kier molecular flexibility index (Phi) is 7.25. The molecule has 0 radical (unpaired) electrons. The van der Waals surface area contributed by atoms with Crippen LogP contribution in [0, 0.1) is 23.7 Å². The van der Waals surface area contributed by atoms with E-state index >= 15 is 0 Å². The lowest BCUT2D eigenvalue weighted by molar-refractivity contribution is 0.507. The van der Waals surface area contributed by atoms with Gasteiger partial charge in [0.15, 0.2) is 0 Å². The first-order valence-corrected chi connectivity index (χ1v) is 13.9. The Balaban J connectivity index is 2.48. The number of aliphatic imine (C=N–C) groups is 4. The topological polar surface area (TPSA) is 49.4 Å². The highest BCUT2D eigenvalue weighted by Crippen LogP contribution is 2.52. The van der Waals surface area contributed by atoms with Gasteiger partial charge in [0.2, 0.25) is 0 Å². The normalized spacial score (nSPS) is 33.0. The Morgan fingerprint density at radius 3 is 0.971 bits per heavy atom. The molecule has 0 saturated heterocycles. The van der Waals surface area contributed by atoms with Crippen LogP contribution in [0.1, 0.15) is 83.1 Å². The number of nitrogens with zero attached hydrogens (tertiary/aromatic N) is 4. The molecule has 0 unspecified atom stereocenters. The SMILES string of the molecule is CC(C)(C)N=C1C=C(Br)[C@H]2C(=NC(C)(C)C)[C@@H]1[C@@H]1C(=NC(C)(C)C)C=C(Br)[C@H]2C1=NC(C)(C)C. The summed E-state index contributed by atoms with van der Waals surface area (Å²) in [4.78, 5) is 21.2. The monoisotopic (exact) mass is 592 g/mol. The van der Waals surface area contributed by atoms with E-state index in [4.69, 9.17) is 20.0 Å². The van der Waals surface area contributed by atoms with Crippen LogP contribution >= 0.6 is 31.9 Å². The molecule has 0 aromatic carbocycles. The molecule has 3 aliphatic rings. The molecule has 1 saturated carbocycles. The zero-order chi connectivity index (χ0) is 26.0. The molecule has 4 bridgehead atoms. The summed E-state index contributed by atoms with van der Waals surface area (Å²) in [6, 6.07) is 0. The highest BCUT2D eigenvalue weighted by molar-refractivity contribution is 9.12. The van der Waals surface area contributed by atoms with Gasteiger partial charge >= 0.3 is 0 Å². The van der Waals surface area contributed by atoms with Gasteiger partial charge in [-0.3, -0.25) is 20.0 Å². The molecular formula is C28H42Br2N4. The van der Waals surface area contributed by atoms with E-state index in [2.05, 4.69) is 127 Å². The molecule has 0 spiro atoms. The molecule has 0 amide bonds. The van der Waals surface area contributed by atoms with Gasteiger partial charge in [-0.1, -0.05) is 31.9 Å². The molecule has 3 rings (SSSR count). The second kappa shape index (κ2) is 8.90. The molecule has 4 nitrogen and oxygen atoms in total. The van der Waals surface area contributed by atoms with Crippen molar-refractivity contribution in [1.29, 1.82) is 0 Å². The average Bonchev–Trinajstić information content (AvgIpc) is 2.52. The van der Waals surface area contributed by atoms with Gasteiger partial charge in [-0.2, -0.15) is 0 Å². The van der Waals surface area contributed by atoms with Crippen LogP contribution in [0.4, 0.5) is 0 Å². The zero-order valence-corrected chi connectivity index (χ0v) is 26.2. The Labute approximate surface area is 224 Å². The maximum absolute atomic E-state index is 5.37. The number of halogens is 2. The zero-order valence-electron chi connectivity index (χ0n) is 23.0. The van der Waals surface area contributed by atoms with Gasteiger partial charge in [0.05, 0.1) is 34.0 Å². The van der Waals surface area contributed by atoms with E-state index in [1.807, 2.05) is 0 Å². The van der Waals surface area contributed by atoms with Gasteiger partial charge in [-0.05, 0) is 95.2 Å². The molecule has 0 aromatic heterocycles. The van der Waals surface area contributed by atoms with Crippen molar-refractivity contribution in [2.75, 3.05) is 0 Å². The lowest BCUT2D eigenvalue weighted by atomic mass is 9.57. The van der Waals surface area contributed by atoms with Crippen molar-refractivity contribution in [2.45, 2.75) is 105 Å². The predicted molar refractivity (Wildman–Crippen MR) is 157 cm³/mol. The first-order valence-electron chi connectivity index (χ1n) is 12.3. The van der Waals surface area contributed by atoms with Crippen molar-refractivity contribution in [1.82, 2.24) is 0 Å². The maximum Gasteiger partial charge on any atom is 0.0532 e. The molecular weight excluding hydrogens is 552 g/mol. The predicted octanol–water partition coefficient (Wildman–Crippen LogP) is 8.01. The van der Waals surface area contributed by atoms with Gasteiger partial charge in [0, 0.05) is 43.6 Å². The molecule has 6 heteroatoms. The minimum absolute atomic E-state index is 0.0139. The van der Waals surface area contributed by atoms with Crippen molar-refractivity contribution in [2.24, 2.45) is 43.6 Å². The summed E-state index contributed by atoms with van der Waals surface area (Å²) in [5.74, 6) is 0.227. The molecule has 3 aliphatic carbocycles. The summed E-state index contributed by atoms with van der Waals surface area (Å²) in [6.45, 7) is 26.0. The minimum Gasteiger partial charge on any atom is -0.287 e. The first kappa shape index (κ1) is 27.7. The second-order valence-corrected chi connectivity index (χ2v) is 15.6. The summed E-state index contributed by atoms with van der Waals surface area (Å²) in [7, 11) is 0. The van der Waals surface area contributed by atoms with Crippen LogP contribution in [0.25, 0.3) is 0 Å². The molecule has 34 heavy (non-hydrogen) atoms. The molecule has 0 heterocycles. The number of fused-ring (bicyclic) bond motifs is 6. The number of hydrogen-bond donors (Lipinski definition) is 0. The van der Waals surface area contributed by atoms with Gasteiger partial charge in [-0.25, -0.2) is 0 Å². The van der Waals surface area contributed by atoms with Crippen LogP contribution in [0.3, 0.4) is 0 Å². The van der Waals surface area contributed by atoms with E-state index in [9.17, 15) is 0 Å². The summed E-state index contributed by atoms with van der Waals surface area (Å²) >= 11 is 7.92.